The number of hydrogen-bond donors (Lipinski definition) is 7. The first kappa shape index (κ1) is 33.0. The van der Waals surface area contributed by atoms with Gasteiger partial charge in [0.15, 0.2) is 0 Å². The van der Waals surface area contributed by atoms with E-state index >= 15 is 0 Å². The van der Waals surface area contributed by atoms with Gasteiger partial charge in [-0.2, -0.15) is 0 Å². The summed E-state index contributed by atoms with van der Waals surface area (Å²) < 4.78 is 0. The van der Waals surface area contributed by atoms with Crippen molar-refractivity contribution in [2.75, 3.05) is 13.1 Å². The lowest BCUT2D eigenvalue weighted by atomic mass is 9.96. The molecule has 0 aliphatic carbocycles. The number of unbranched alkanes of at least 4 members (excludes halogenated alkanes) is 2. The lowest BCUT2D eigenvalue weighted by Gasteiger charge is -2.28. The molecular formula is C27H46N6O5. The molecule has 38 heavy (non-hydrogen) atoms. The minimum atomic E-state index is -1.16. The standard InChI is InChI=1S/C27H46N6O5/c1-3-18(2)23(33-24(34)20(30)13-7-9-15-28)26(36)32-22(17-19-11-5-4-6-12-19)25(35)31-21(27(37)38)14-8-10-16-29/h4-6,11-12,18,20-23H,3,7-10,13-17,28-30H2,1-2H3,(H,31,35)(H,32,36)(H,33,34)(H,37,38). The van der Waals surface area contributed by atoms with Gasteiger partial charge in [0, 0.05) is 6.42 Å². The third kappa shape index (κ3) is 12.0. The van der Waals surface area contributed by atoms with E-state index in [1.807, 2.05) is 44.2 Å². The van der Waals surface area contributed by atoms with Gasteiger partial charge in [0.25, 0.3) is 0 Å². The van der Waals surface area contributed by atoms with Crippen LogP contribution in [0, 0.1) is 5.92 Å². The lowest BCUT2D eigenvalue weighted by Crippen LogP contribution is -2.59. The number of benzene rings is 1. The van der Waals surface area contributed by atoms with E-state index in [2.05, 4.69) is 16.0 Å². The predicted octanol–water partition coefficient (Wildman–Crippen LogP) is 0.400. The van der Waals surface area contributed by atoms with Gasteiger partial charge in [0.2, 0.25) is 17.7 Å². The summed E-state index contributed by atoms with van der Waals surface area (Å²) >= 11 is 0. The molecular weight excluding hydrogens is 488 g/mol. The van der Waals surface area contributed by atoms with Gasteiger partial charge in [-0.15, -0.1) is 0 Å². The summed E-state index contributed by atoms with van der Waals surface area (Å²) in [5.41, 5.74) is 17.8. The highest BCUT2D eigenvalue weighted by molar-refractivity contribution is 5.94. The second kappa shape index (κ2) is 18.3. The zero-order valence-electron chi connectivity index (χ0n) is 22.7. The predicted molar refractivity (Wildman–Crippen MR) is 147 cm³/mol. The maximum atomic E-state index is 13.4. The molecule has 0 spiro atoms. The quantitative estimate of drug-likeness (QED) is 0.123. The molecule has 5 unspecified atom stereocenters. The summed E-state index contributed by atoms with van der Waals surface area (Å²) in [4.78, 5) is 51.1. The molecule has 1 rings (SSSR count). The van der Waals surface area contributed by atoms with Crippen LogP contribution in [0.1, 0.15) is 64.4 Å². The molecule has 11 nitrogen and oxygen atoms in total. The summed E-state index contributed by atoms with van der Waals surface area (Å²) in [5.74, 6) is -2.99. The molecule has 0 heterocycles. The van der Waals surface area contributed by atoms with Gasteiger partial charge in [-0.05, 0) is 56.7 Å². The Kier molecular flexibility index (Phi) is 15.9. The van der Waals surface area contributed by atoms with E-state index in [-0.39, 0.29) is 18.8 Å². The summed E-state index contributed by atoms with van der Waals surface area (Å²) in [7, 11) is 0. The second-order valence-electron chi connectivity index (χ2n) is 9.70. The molecule has 1 aromatic carbocycles. The van der Waals surface area contributed by atoms with Crippen LogP contribution >= 0.6 is 0 Å². The molecule has 10 N–H and O–H groups in total. The van der Waals surface area contributed by atoms with Gasteiger partial charge < -0.3 is 38.3 Å². The average Bonchev–Trinajstić information content (AvgIpc) is 2.90. The first-order chi connectivity index (χ1) is 18.1. The number of nitrogens with one attached hydrogen (secondary N) is 3. The van der Waals surface area contributed by atoms with Crippen molar-refractivity contribution in [2.45, 2.75) is 89.4 Å². The van der Waals surface area contributed by atoms with E-state index in [0.717, 1.165) is 12.0 Å². The highest BCUT2D eigenvalue weighted by Gasteiger charge is 2.32. The van der Waals surface area contributed by atoms with E-state index in [9.17, 15) is 24.3 Å². The number of nitrogens with two attached hydrogens (primary N) is 3. The first-order valence-electron chi connectivity index (χ1n) is 13.5. The summed E-state index contributed by atoms with van der Waals surface area (Å²) in [6, 6.07) is 5.23. The van der Waals surface area contributed by atoms with E-state index in [1.54, 1.807) is 0 Å². The third-order valence-electron chi connectivity index (χ3n) is 6.58. The van der Waals surface area contributed by atoms with Gasteiger partial charge in [-0.1, -0.05) is 57.0 Å². The van der Waals surface area contributed by atoms with Crippen molar-refractivity contribution in [1.29, 1.82) is 0 Å². The van der Waals surface area contributed by atoms with Crippen LogP contribution in [-0.2, 0) is 25.6 Å². The summed E-state index contributed by atoms with van der Waals surface area (Å²) in [6.45, 7) is 4.65. The van der Waals surface area contributed by atoms with Crippen LogP contribution in [-0.4, -0.2) is 66.1 Å². The number of aliphatic carboxylic acids is 1. The van der Waals surface area contributed by atoms with E-state index in [1.165, 1.54) is 0 Å². The Labute approximate surface area is 225 Å². The fraction of sp³-hybridized carbons (Fsp3) is 0.630. The minimum Gasteiger partial charge on any atom is -0.480 e. The molecule has 0 aliphatic rings. The maximum Gasteiger partial charge on any atom is 0.326 e. The largest absolute Gasteiger partial charge is 0.480 e. The van der Waals surface area contributed by atoms with Crippen LogP contribution in [0.15, 0.2) is 30.3 Å². The van der Waals surface area contributed by atoms with Crippen molar-refractivity contribution in [3.8, 4) is 0 Å². The van der Waals surface area contributed by atoms with Crippen LogP contribution in [0.5, 0.6) is 0 Å². The zero-order valence-corrected chi connectivity index (χ0v) is 22.7. The number of carboxylic acids is 1. The molecule has 0 saturated heterocycles. The van der Waals surface area contributed by atoms with Crippen molar-refractivity contribution >= 4 is 23.7 Å². The minimum absolute atomic E-state index is 0.146. The molecule has 0 saturated carbocycles. The molecule has 0 aliphatic heterocycles. The monoisotopic (exact) mass is 534 g/mol. The highest BCUT2D eigenvalue weighted by Crippen LogP contribution is 2.12. The first-order valence-corrected chi connectivity index (χ1v) is 13.5. The van der Waals surface area contributed by atoms with E-state index in [4.69, 9.17) is 17.2 Å². The second-order valence-corrected chi connectivity index (χ2v) is 9.70. The van der Waals surface area contributed by atoms with Crippen LogP contribution in [0.3, 0.4) is 0 Å². The highest BCUT2D eigenvalue weighted by atomic mass is 16.4. The third-order valence-corrected chi connectivity index (χ3v) is 6.58. The Morgan fingerprint density at radius 2 is 1.39 bits per heavy atom. The maximum absolute atomic E-state index is 13.4. The van der Waals surface area contributed by atoms with Gasteiger partial charge in [-0.3, -0.25) is 14.4 Å². The Balaban J connectivity index is 3.07. The molecule has 11 heteroatoms. The fourth-order valence-electron chi connectivity index (χ4n) is 3.94. The summed E-state index contributed by atoms with van der Waals surface area (Å²) in [5, 5.41) is 17.7. The molecule has 3 amide bonds. The molecule has 0 bridgehead atoms. The average molecular weight is 535 g/mol. The number of amides is 3. The molecule has 0 radical (unpaired) electrons. The Morgan fingerprint density at radius 3 is 1.95 bits per heavy atom. The van der Waals surface area contributed by atoms with Crippen molar-refractivity contribution in [3.05, 3.63) is 35.9 Å². The Morgan fingerprint density at radius 1 is 0.816 bits per heavy atom. The van der Waals surface area contributed by atoms with Crippen molar-refractivity contribution in [1.82, 2.24) is 16.0 Å². The van der Waals surface area contributed by atoms with Gasteiger partial charge >= 0.3 is 5.97 Å². The Bertz CT molecular complexity index is 869. The molecule has 0 fully saturated rings. The SMILES string of the molecule is CCC(C)C(NC(=O)C(N)CCCCN)C(=O)NC(Cc1ccccc1)C(=O)NC(CCCCN)C(=O)O. The smallest absolute Gasteiger partial charge is 0.326 e. The molecule has 0 aromatic heterocycles. The van der Waals surface area contributed by atoms with Crippen LogP contribution < -0.4 is 33.2 Å². The Hall–Kier alpha value is -3.02. The zero-order chi connectivity index (χ0) is 28.5. The van der Waals surface area contributed by atoms with Crippen LogP contribution in [0.25, 0.3) is 0 Å². The normalized spacial score (nSPS) is 15.0. The number of hydrogen-bond acceptors (Lipinski definition) is 7. The van der Waals surface area contributed by atoms with E-state index in [0.29, 0.717) is 45.2 Å². The molecule has 5 atom stereocenters. The van der Waals surface area contributed by atoms with Gasteiger partial charge in [0.05, 0.1) is 6.04 Å². The van der Waals surface area contributed by atoms with Gasteiger partial charge in [-0.25, -0.2) is 4.79 Å². The number of carbonyl (C=O) groups is 4. The molecule has 214 valence electrons. The number of carboxylic acid groups (broad SMARTS) is 1. The molecule has 1 aromatic rings. The fourth-order valence-corrected chi connectivity index (χ4v) is 3.94. The van der Waals surface area contributed by atoms with Crippen LogP contribution in [0.2, 0.25) is 0 Å². The van der Waals surface area contributed by atoms with Gasteiger partial charge in [0.1, 0.15) is 18.1 Å². The lowest BCUT2D eigenvalue weighted by molar-refractivity contribution is -0.142. The van der Waals surface area contributed by atoms with Crippen molar-refractivity contribution < 1.29 is 24.3 Å². The number of carbonyl (C=O) groups excluding carboxylic acids is 3. The van der Waals surface area contributed by atoms with Crippen molar-refractivity contribution in [2.24, 2.45) is 23.1 Å². The topological polar surface area (TPSA) is 203 Å². The summed E-state index contributed by atoms with van der Waals surface area (Å²) in [6.07, 6.45) is 4.02. The van der Waals surface area contributed by atoms with Crippen LogP contribution in [0.4, 0.5) is 0 Å². The van der Waals surface area contributed by atoms with E-state index < -0.39 is 47.9 Å². The number of rotatable bonds is 19. The van der Waals surface area contributed by atoms with Crippen molar-refractivity contribution in [3.63, 3.8) is 0 Å².